The predicted molar refractivity (Wildman–Crippen MR) is 116 cm³/mol. The highest BCUT2D eigenvalue weighted by atomic mass is 19.1. The number of rotatable bonds is 6. The van der Waals surface area contributed by atoms with Gasteiger partial charge in [0.15, 0.2) is 0 Å². The highest BCUT2D eigenvalue weighted by Gasteiger charge is 2.50. The van der Waals surface area contributed by atoms with Crippen molar-refractivity contribution < 1.29 is 18.7 Å². The number of carbonyl (C=O) groups excluding carboxylic acids is 2. The monoisotopic (exact) mass is 426 g/mol. The fraction of sp³-hybridized carbons (Fsp3) is 0.391. The lowest BCUT2D eigenvalue weighted by atomic mass is 9.85. The van der Waals surface area contributed by atoms with E-state index < -0.39 is 5.54 Å². The van der Waals surface area contributed by atoms with Crippen molar-refractivity contribution in [2.75, 3.05) is 44.9 Å². The molecule has 31 heavy (non-hydrogen) atoms. The molecule has 2 heterocycles. The Morgan fingerprint density at radius 1 is 1.19 bits per heavy atom. The van der Waals surface area contributed by atoms with Gasteiger partial charge >= 0.3 is 0 Å². The molecule has 0 saturated carbocycles. The number of anilines is 1. The van der Waals surface area contributed by atoms with Crippen molar-refractivity contribution in [3.63, 3.8) is 0 Å². The number of ether oxygens (including phenoxy) is 1. The van der Waals surface area contributed by atoms with Crippen molar-refractivity contribution in [2.24, 2.45) is 0 Å². The molecule has 8 heteroatoms. The molecule has 2 amide bonds. The van der Waals surface area contributed by atoms with Gasteiger partial charge in [-0.1, -0.05) is 6.07 Å². The Labute approximate surface area is 181 Å². The van der Waals surface area contributed by atoms with Crippen molar-refractivity contribution in [1.29, 1.82) is 0 Å². The van der Waals surface area contributed by atoms with E-state index in [0.29, 0.717) is 43.9 Å². The first kappa shape index (κ1) is 21.1. The SMILES string of the molecule is COc1cccc(C(=O)NCCN2CCC3(CC2)C(=O)NCN3c2ccc(F)cc2)c1. The first-order valence-electron chi connectivity index (χ1n) is 10.5. The molecule has 2 aromatic rings. The van der Waals surface area contributed by atoms with Crippen molar-refractivity contribution in [3.8, 4) is 5.75 Å². The van der Waals surface area contributed by atoms with Gasteiger partial charge in [0.1, 0.15) is 17.1 Å². The predicted octanol–water partition coefficient (Wildman–Crippen LogP) is 1.99. The number of nitrogens with zero attached hydrogens (tertiary/aromatic N) is 2. The zero-order valence-electron chi connectivity index (χ0n) is 17.6. The standard InChI is InChI=1S/C23H27FN4O3/c1-31-20-4-2-3-17(15-20)21(29)25-11-14-27-12-9-23(10-13-27)22(30)26-16-28(23)19-7-5-18(24)6-8-19/h2-8,15H,9-14,16H2,1H3,(H,25,29)(H,26,30). The highest BCUT2D eigenvalue weighted by Crippen LogP contribution is 2.36. The van der Waals surface area contributed by atoms with Crippen LogP contribution in [0.5, 0.6) is 5.75 Å². The minimum absolute atomic E-state index is 0.0304. The van der Waals surface area contributed by atoms with Crippen LogP contribution >= 0.6 is 0 Å². The van der Waals surface area contributed by atoms with Gasteiger partial charge in [0, 0.05) is 37.4 Å². The molecule has 0 aliphatic carbocycles. The second-order valence-corrected chi connectivity index (χ2v) is 7.93. The summed E-state index contributed by atoms with van der Waals surface area (Å²) in [6, 6.07) is 13.3. The van der Waals surface area contributed by atoms with Crippen LogP contribution in [0.3, 0.4) is 0 Å². The Balaban J connectivity index is 1.31. The summed E-state index contributed by atoms with van der Waals surface area (Å²) in [6.07, 6.45) is 1.36. The van der Waals surface area contributed by atoms with Gasteiger partial charge in [-0.25, -0.2) is 4.39 Å². The third kappa shape index (κ3) is 4.34. The summed E-state index contributed by atoms with van der Waals surface area (Å²) in [7, 11) is 1.57. The lowest BCUT2D eigenvalue weighted by Gasteiger charge is -2.43. The van der Waals surface area contributed by atoms with E-state index in [1.165, 1.54) is 12.1 Å². The topological polar surface area (TPSA) is 73.9 Å². The maximum atomic E-state index is 13.3. The summed E-state index contributed by atoms with van der Waals surface area (Å²) in [5.41, 5.74) is 0.811. The van der Waals surface area contributed by atoms with Crippen molar-refractivity contribution >= 4 is 17.5 Å². The quantitative estimate of drug-likeness (QED) is 0.739. The maximum absolute atomic E-state index is 13.3. The van der Waals surface area contributed by atoms with Crippen LogP contribution in [0.4, 0.5) is 10.1 Å². The Kier molecular flexibility index (Phi) is 6.08. The lowest BCUT2D eigenvalue weighted by Crippen LogP contribution is -2.57. The van der Waals surface area contributed by atoms with Crippen LogP contribution in [0.25, 0.3) is 0 Å². The Bertz CT molecular complexity index is 942. The van der Waals surface area contributed by atoms with E-state index in [2.05, 4.69) is 20.4 Å². The van der Waals surface area contributed by atoms with Crippen LogP contribution in [0.15, 0.2) is 48.5 Å². The fourth-order valence-corrected chi connectivity index (χ4v) is 4.39. The summed E-state index contributed by atoms with van der Waals surface area (Å²) < 4.78 is 18.5. The van der Waals surface area contributed by atoms with Gasteiger partial charge < -0.3 is 25.2 Å². The molecule has 2 aliphatic rings. The number of nitrogens with one attached hydrogen (secondary N) is 2. The zero-order chi connectivity index (χ0) is 21.8. The van der Waals surface area contributed by atoms with Gasteiger partial charge in [-0.3, -0.25) is 9.59 Å². The molecule has 164 valence electrons. The number of benzene rings is 2. The number of amides is 2. The van der Waals surface area contributed by atoms with Gasteiger partial charge in [0.25, 0.3) is 5.91 Å². The number of likely N-dealkylation sites (tertiary alicyclic amines) is 1. The smallest absolute Gasteiger partial charge is 0.251 e. The first-order valence-corrected chi connectivity index (χ1v) is 10.5. The molecule has 2 fully saturated rings. The molecule has 0 aromatic heterocycles. The number of hydrogen-bond donors (Lipinski definition) is 2. The van der Waals surface area contributed by atoms with E-state index in [4.69, 9.17) is 4.74 Å². The molecule has 0 bridgehead atoms. The maximum Gasteiger partial charge on any atom is 0.251 e. The Hall–Kier alpha value is -3.13. The summed E-state index contributed by atoms with van der Waals surface area (Å²) in [4.78, 5) is 29.4. The van der Waals surface area contributed by atoms with Crippen LogP contribution in [0.1, 0.15) is 23.2 Å². The molecule has 2 saturated heterocycles. The van der Waals surface area contributed by atoms with Gasteiger partial charge in [0.2, 0.25) is 5.91 Å². The molecule has 2 aromatic carbocycles. The summed E-state index contributed by atoms with van der Waals surface area (Å²) in [6.45, 7) is 3.17. The van der Waals surface area contributed by atoms with Gasteiger partial charge in [-0.05, 0) is 55.3 Å². The minimum Gasteiger partial charge on any atom is -0.497 e. The average molecular weight is 426 g/mol. The van der Waals surface area contributed by atoms with Gasteiger partial charge in [-0.15, -0.1) is 0 Å². The molecular formula is C23H27FN4O3. The Morgan fingerprint density at radius 2 is 1.94 bits per heavy atom. The van der Waals surface area contributed by atoms with E-state index in [1.54, 1.807) is 43.5 Å². The second-order valence-electron chi connectivity index (χ2n) is 7.93. The molecule has 0 unspecified atom stereocenters. The van der Waals surface area contributed by atoms with Crippen LogP contribution in [-0.2, 0) is 4.79 Å². The van der Waals surface area contributed by atoms with E-state index in [0.717, 1.165) is 18.8 Å². The molecule has 7 nitrogen and oxygen atoms in total. The fourth-order valence-electron chi connectivity index (χ4n) is 4.39. The zero-order valence-corrected chi connectivity index (χ0v) is 17.6. The molecule has 0 radical (unpaired) electrons. The normalized spacial score (nSPS) is 18.1. The average Bonchev–Trinajstić information content (AvgIpc) is 3.11. The minimum atomic E-state index is -0.599. The van der Waals surface area contributed by atoms with E-state index >= 15 is 0 Å². The van der Waals surface area contributed by atoms with Gasteiger partial charge in [-0.2, -0.15) is 0 Å². The number of methoxy groups -OCH3 is 1. The van der Waals surface area contributed by atoms with E-state index in [-0.39, 0.29) is 17.6 Å². The second kappa shape index (κ2) is 8.93. The number of carbonyl (C=O) groups is 2. The molecular weight excluding hydrogens is 399 g/mol. The molecule has 4 rings (SSSR count). The lowest BCUT2D eigenvalue weighted by molar-refractivity contribution is -0.125. The third-order valence-corrected chi connectivity index (χ3v) is 6.20. The third-order valence-electron chi connectivity index (χ3n) is 6.20. The summed E-state index contributed by atoms with van der Waals surface area (Å²) in [5.74, 6) is 0.254. The Morgan fingerprint density at radius 3 is 2.65 bits per heavy atom. The highest BCUT2D eigenvalue weighted by molar-refractivity contribution is 5.94. The van der Waals surface area contributed by atoms with Crippen LogP contribution in [0.2, 0.25) is 0 Å². The molecule has 2 N–H and O–H groups in total. The number of piperidine rings is 1. The largest absolute Gasteiger partial charge is 0.497 e. The van der Waals surface area contributed by atoms with Crippen LogP contribution in [-0.4, -0.2) is 62.2 Å². The van der Waals surface area contributed by atoms with Crippen molar-refractivity contribution in [2.45, 2.75) is 18.4 Å². The molecule has 1 spiro atoms. The van der Waals surface area contributed by atoms with E-state index in [9.17, 15) is 14.0 Å². The summed E-state index contributed by atoms with van der Waals surface area (Å²) in [5, 5.41) is 5.90. The summed E-state index contributed by atoms with van der Waals surface area (Å²) >= 11 is 0. The molecule has 0 atom stereocenters. The van der Waals surface area contributed by atoms with Crippen molar-refractivity contribution in [3.05, 3.63) is 59.9 Å². The number of hydrogen-bond acceptors (Lipinski definition) is 5. The number of halogens is 1. The van der Waals surface area contributed by atoms with E-state index in [1.807, 2.05) is 0 Å². The van der Waals surface area contributed by atoms with Crippen molar-refractivity contribution in [1.82, 2.24) is 15.5 Å². The van der Waals surface area contributed by atoms with Crippen LogP contribution < -0.4 is 20.3 Å². The van der Waals surface area contributed by atoms with Crippen LogP contribution in [0, 0.1) is 5.82 Å². The van der Waals surface area contributed by atoms with Gasteiger partial charge in [0.05, 0.1) is 13.8 Å². The molecule has 2 aliphatic heterocycles. The first-order chi connectivity index (χ1) is 15.0.